The molecule has 7 nitrogen and oxygen atoms in total. The summed E-state index contributed by atoms with van der Waals surface area (Å²) in [6.07, 6.45) is 3.80. The first-order valence-electron chi connectivity index (χ1n) is 7.90. The summed E-state index contributed by atoms with van der Waals surface area (Å²) in [4.78, 5) is 15.2. The zero-order chi connectivity index (χ0) is 19.4. The largest absolute Gasteiger partial charge is 0.481 e. The van der Waals surface area contributed by atoms with Gasteiger partial charge < -0.3 is 27.0 Å². The molecular formula is C19H24N4O3. The molecule has 2 aromatic carbocycles. The van der Waals surface area contributed by atoms with Gasteiger partial charge in [-0.3, -0.25) is 9.79 Å². The van der Waals surface area contributed by atoms with Gasteiger partial charge in [0.1, 0.15) is 0 Å². The summed E-state index contributed by atoms with van der Waals surface area (Å²) in [6, 6.07) is 14.4. The fraction of sp³-hybridized carbons (Fsp3) is 0.158. The van der Waals surface area contributed by atoms with Crippen molar-refractivity contribution in [3.05, 3.63) is 60.3 Å². The highest BCUT2D eigenvalue weighted by atomic mass is 16.4. The molecule has 0 amide bonds. The van der Waals surface area contributed by atoms with Crippen LogP contribution in [0.15, 0.2) is 65.3 Å². The van der Waals surface area contributed by atoms with E-state index in [9.17, 15) is 4.79 Å². The van der Waals surface area contributed by atoms with Crippen LogP contribution in [0.3, 0.4) is 0 Å². The number of carboxylic acid groups (broad SMARTS) is 1. The van der Waals surface area contributed by atoms with Crippen molar-refractivity contribution >= 4 is 34.9 Å². The van der Waals surface area contributed by atoms with Crippen LogP contribution in [0.5, 0.6) is 0 Å². The third kappa shape index (κ3) is 7.98. The molecule has 2 aromatic rings. The van der Waals surface area contributed by atoms with Crippen LogP contribution < -0.4 is 16.8 Å². The fourth-order valence-corrected chi connectivity index (χ4v) is 1.90. The molecule has 0 radical (unpaired) electrons. The molecule has 7 N–H and O–H groups in total. The first-order chi connectivity index (χ1) is 12.5. The fourth-order valence-electron chi connectivity index (χ4n) is 1.90. The van der Waals surface area contributed by atoms with Crippen LogP contribution in [0.4, 0.5) is 22.7 Å². The van der Waals surface area contributed by atoms with E-state index in [1.165, 1.54) is 0 Å². The predicted octanol–water partition coefficient (Wildman–Crippen LogP) is 3.02. The van der Waals surface area contributed by atoms with Crippen LogP contribution in [0.25, 0.3) is 0 Å². The zero-order valence-electron chi connectivity index (χ0n) is 14.6. The summed E-state index contributed by atoms with van der Waals surface area (Å²) < 4.78 is 0. The molecule has 0 aromatic heterocycles. The summed E-state index contributed by atoms with van der Waals surface area (Å²) in [7, 11) is 1.00. The Kier molecular flexibility index (Phi) is 8.98. The van der Waals surface area contributed by atoms with Gasteiger partial charge in [0, 0.05) is 43.0 Å². The zero-order valence-corrected chi connectivity index (χ0v) is 14.6. The summed E-state index contributed by atoms with van der Waals surface area (Å²) in [5.74, 6) is -0.853. The van der Waals surface area contributed by atoms with Crippen molar-refractivity contribution in [1.82, 2.24) is 0 Å². The van der Waals surface area contributed by atoms with Crippen LogP contribution in [0.1, 0.15) is 12.8 Å². The molecule has 0 aliphatic rings. The van der Waals surface area contributed by atoms with Gasteiger partial charge in [0.2, 0.25) is 0 Å². The minimum Gasteiger partial charge on any atom is -0.481 e. The molecule has 138 valence electrons. The monoisotopic (exact) mass is 356 g/mol. The average Bonchev–Trinajstić information content (AvgIpc) is 2.65. The number of allylic oxidation sites excluding steroid dienone is 1. The van der Waals surface area contributed by atoms with E-state index in [0.717, 1.165) is 24.1 Å². The Labute approximate surface area is 152 Å². The number of aliphatic imine (C=N–C) groups is 1. The van der Waals surface area contributed by atoms with E-state index in [0.29, 0.717) is 17.8 Å². The number of nitrogens with zero attached hydrogens (tertiary/aromatic N) is 1. The lowest BCUT2D eigenvalue weighted by Gasteiger charge is -2.04. The molecule has 0 spiro atoms. The van der Waals surface area contributed by atoms with Gasteiger partial charge in [0.15, 0.2) is 0 Å². The molecular weight excluding hydrogens is 332 g/mol. The number of carbonyl (C=O) groups is 1. The first kappa shape index (κ1) is 20.7. The molecule has 0 heterocycles. The second-order valence-corrected chi connectivity index (χ2v) is 5.23. The van der Waals surface area contributed by atoms with Gasteiger partial charge in [-0.25, -0.2) is 0 Å². The Morgan fingerprint density at radius 3 is 2.08 bits per heavy atom. The third-order valence-electron chi connectivity index (χ3n) is 3.23. The third-order valence-corrected chi connectivity index (χ3v) is 3.23. The molecule has 0 aliphatic carbocycles. The number of benzene rings is 2. The average molecular weight is 356 g/mol. The van der Waals surface area contributed by atoms with Crippen molar-refractivity contribution in [1.29, 1.82) is 0 Å². The number of aliphatic carboxylic acids is 1. The van der Waals surface area contributed by atoms with E-state index in [1.807, 2.05) is 12.1 Å². The van der Waals surface area contributed by atoms with Crippen LogP contribution in [-0.4, -0.2) is 29.5 Å². The number of hydrogen-bond donors (Lipinski definition) is 5. The highest BCUT2D eigenvalue weighted by molar-refractivity contribution is 5.82. The van der Waals surface area contributed by atoms with Gasteiger partial charge in [-0.05, 0) is 60.5 Å². The molecule has 0 bridgehead atoms. The van der Waals surface area contributed by atoms with Gasteiger partial charge in [0.25, 0.3) is 0 Å². The number of hydrogen-bond acceptors (Lipinski definition) is 6. The Morgan fingerprint density at radius 1 is 1.00 bits per heavy atom. The lowest BCUT2D eigenvalue weighted by Crippen LogP contribution is -1.99. The number of nitrogens with one attached hydrogen (secondary N) is 1. The summed E-state index contributed by atoms with van der Waals surface area (Å²) in [6.45, 7) is 0. The Bertz CT molecular complexity index is 738. The van der Waals surface area contributed by atoms with Crippen LogP contribution in [0, 0.1) is 0 Å². The van der Waals surface area contributed by atoms with Gasteiger partial charge in [-0.1, -0.05) is 0 Å². The summed E-state index contributed by atoms with van der Waals surface area (Å²) in [5, 5.41) is 19.0. The van der Waals surface area contributed by atoms with Crippen molar-refractivity contribution in [2.24, 2.45) is 4.99 Å². The van der Waals surface area contributed by atoms with Crippen molar-refractivity contribution in [2.75, 3.05) is 23.9 Å². The molecule has 26 heavy (non-hydrogen) atoms. The molecule has 2 rings (SSSR count). The number of rotatable bonds is 7. The SMILES string of the molecule is CO.Nc1ccc(N=C/C(=C/Nc2ccc(N)cc2)CCC(=O)O)cc1. The van der Waals surface area contributed by atoms with E-state index in [2.05, 4.69) is 10.3 Å². The predicted molar refractivity (Wildman–Crippen MR) is 107 cm³/mol. The highest BCUT2D eigenvalue weighted by Gasteiger charge is 2.01. The second-order valence-electron chi connectivity index (χ2n) is 5.23. The molecule has 0 fully saturated rings. The maximum absolute atomic E-state index is 10.8. The highest BCUT2D eigenvalue weighted by Crippen LogP contribution is 2.15. The number of nitrogen functional groups attached to an aromatic ring is 2. The topological polar surface area (TPSA) is 134 Å². The molecule has 0 aliphatic heterocycles. The van der Waals surface area contributed by atoms with Crippen molar-refractivity contribution in [3.8, 4) is 0 Å². The Morgan fingerprint density at radius 2 is 1.54 bits per heavy atom. The molecule has 0 saturated heterocycles. The van der Waals surface area contributed by atoms with Gasteiger partial charge in [-0.15, -0.1) is 0 Å². The Hall–Kier alpha value is -3.32. The molecule has 0 atom stereocenters. The van der Waals surface area contributed by atoms with Crippen molar-refractivity contribution in [2.45, 2.75) is 12.8 Å². The van der Waals surface area contributed by atoms with Crippen molar-refractivity contribution < 1.29 is 15.0 Å². The van der Waals surface area contributed by atoms with Crippen molar-refractivity contribution in [3.63, 3.8) is 0 Å². The number of anilines is 3. The number of nitrogens with two attached hydrogens (primary N) is 2. The maximum Gasteiger partial charge on any atom is 0.303 e. The van der Waals surface area contributed by atoms with E-state index >= 15 is 0 Å². The van der Waals surface area contributed by atoms with E-state index in [4.69, 9.17) is 21.7 Å². The summed E-state index contributed by atoms with van der Waals surface area (Å²) >= 11 is 0. The minimum atomic E-state index is -0.853. The van der Waals surface area contributed by atoms with Gasteiger partial charge >= 0.3 is 5.97 Å². The van der Waals surface area contributed by atoms with Crippen LogP contribution in [0.2, 0.25) is 0 Å². The summed E-state index contributed by atoms with van der Waals surface area (Å²) in [5.41, 5.74) is 15.0. The number of carboxylic acids is 1. The quantitative estimate of drug-likeness (QED) is 0.382. The standard InChI is InChI=1S/C18H20N4O2.CH4O/c19-14-2-6-16(7-3-14)21-11-13(1-10-18(23)24)12-22-17-8-4-15(20)5-9-17;1-2/h2-9,11-12,21H,1,10,19-20H2,(H,23,24);2H,1H3/b13-11+,22-12?;. The molecule has 0 unspecified atom stereocenters. The lowest BCUT2D eigenvalue weighted by atomic mass is 10.1. The smallest absolute Gasteiger partial charge is 0.303 e. The Balaban J connectivity index is 0.00000163. The van der Waals surface area contributed by atoms with E-state index in [-0.39, 0.29) is 6.42 Å². The number of aliphatic hydroxyl groups is 1. The second kappa shape index (κ2) is 11.3. The maximum atomic E-state index is 10.8. The van der Waals surface area contributed by atoms with Crippen LogP contribution in [-0.2, 0) is 4.79 Å². The van der Waals surface area contributed by atoms with E-state index in [1.54, 1.807) is 48.8 Å². The van der Waals surface area contributed by atoms with Gasteiger partial charge in [0.05, 0.1) is 5.69 Å². The van der Waals surface area contributed by atoms with Gasteiger partial charge in [-0.2, -0.15) is 0 Å². The molecule has 0 saturated carbocycles. The number of aliphatic hydroxyl groups excluding tert-OH is 1. The van der Waals surface area contributed by atoms with E-state index < -0.39 is 5.97 Å². The minimum absolute atomic E-state index is 0.0308. The molecule has 7 heteroatoms. The lowest BCUT2D eigenvalue weighted by molar-refractivity contribution is -0.136. The normalized spacial score (nSPS) is 10.9. The van der Waals surface area contributed by atoms with Crippen LogP contribution >= 0.6 is 0 Å². The first-order valence-corrected chi connectivity index (χ1v) is 7.90.